The highest BCUT2D eigenvalue weighted by atomic mass is 35.5. The van der Waals surface area contributed by atoms with Gasteiger partial charge in [-0.05, 0) is 73.6 Å². The molecule has 38 heavy (non-hydrogen) atoms. The minimum Gasteiger partial charge on any atom is -0.490 e. The first-order valence-electron chi connectivity index (χ1n) is 12.6. The van der Waals surface area contributed by atoms with E-state index in [0.29, 0.717) is 40.8 Å². The molecule has 1 fully saturated rings. The zero-order chi connectivity index (χ0) is 26.7. The molecule has 0 saturated heterocycles. The molecule has 0 atom stereocenters. The van der Waals surface area contributed by atoms with Crippen molar-refractivity contribution in [2.24, 2.45) is 0 Å². The van der Waals surface area contributed by atoms with Crippen LogP contribution in [0.2, 0.25) is 5.02 Å². The molecule has 0 aliphatic heterocycles. The molecule has 0 radical (unpaired) electrons. The Hall–Kier alpha value is -3.62. The number of hydrogen-bond acceptors (Lipinski definition) is 5. The predicted molar refractivity (Wildman–Crippen MR) is 153 cm³/mol. The van der Waals surface area contributed by atoms with Crippen LogP contribution < -0.4 is 25.4 Å². The number of para-hydroxylation sites is 1. The summed E-state index contributed by atoms with van der Waals surface area (Å²) in [4.78, 5) is 25.5. The lowest BCUT2D eigenvalue weighted by molar-refractivity contribution is 0.0926. The van der Waals surface area contributed by atoms with Gasteiger partial charge in [0.05, 0.1) is 10.6 Å². The first kappa shape index (κ1) is 27.4. The number of thiocarbonyl (C=S) groups is 1. The second-order valence-corrected chi connectivity index (χ2v) is 9.76. The van der Waals surface area contributed by atoms with Gasteiger partial charge in [-0.1, -0.05) is 55.1 Å². The number of carbonyl (C=O) groups is 2. The minimum absolute atomic E-state index is 0.0959. The maximum Gasteiger partial charge on any atom is 0.257 e. The lowest BCUT2D eigenvalue weighted by Gasteiger charge is -2.23. The monoisotopic (exact) mass is 551 g/mol. The average Bonchev–Trinajstić information content (AvgIpc) is 2.93. The lowest BCUT2D eigenvalue weighted by atomic mass is 9.95. The van der Waals surface area contributed by atoms with Crippen molar-refractivity contribution in [1.29, 1.82) is 0 Å². The highest BCUT2D eigenvalue weighted by Gasteiger charge is 2.19. The van der Waals surface area contributed by atoms with E-state index in [1.54, 1.807) is 42.5 Å². The van der Waals surface area contributed by atoms with Crippen LogP contribution in [0.15, 0.2) is 72.8 Å². The third kappa shape index (κ3) is 8.19. The molecular formula is C29H30ClN3O4S. The molecule has 1 aliphatic carbocycles. The molecule has 0 aromatic heterocycles. The first-order valence-corrected chi connectivity index (χ1v) is 13.4. The van der Waals surface area contributed by atoms with Crippen molar-refractivity contribution in [2.75, 3.05) is 18.5 Å². The molecule has 3 N–H and O–H groups in total. The predicted octanol–water partition coefficient (Wildman–Crippen LogP) is 5.99. The van der Waals surface area contributed by atoms with Gasteiger partial charge in [-0.2, -0.15) is 0 Å². The van der Waals surface area contributed by atoms with Gasteiger partial charge in [0.25, 0.3) is 11.8 Å². The second kappa shape index (κ2) is 13.8. The Morgan fingerprint density at radius 3 is 2.32 bits per heavy atom. The molecule has 1 aliphatic rings. The molecular weight excluding hydrogens is 522 g/mol. The maximum atomic E-state index is 12.8. The van der Waals surface area contributed by atoms with E-state index < -0.39 is 5.91 Å². The molecule has 7 nitrogen and oxygen atoms in total. The molecule has 0 heterocycles. The Morgan fingerprint density at radius 2 is 1.55 bits per heavy atom. The topological polar surface area (TPSA) is 88.7 Å². The minimum atomic E-state index is -0.391. The van der Waals surface area contributed by atoms with Crippen LogP contribution in [-0.2, 0) is 0 Å². The highest BCUT2D eigenvalue weighted by Crippen LogP contribution is 2.23. The fourth-order valence-electron chi connectivity index (χ4n) is 4.19. The number of rotatable bonds is 9. The molecule has 198 valence electrons. The molecule has 2 amide bonds. The van der Waals surface area contributed by atoms with E-state index in [1.807, 2.05) is 30.3 Å². The standard InChI is InChI=1S/C29H30ClN3O4S/c30-26-15-14-22(19-25(26)28(35)31-21-9-3-1-4-10-21)32-29(38)33-27(34)20-8-7-13-24(18-20)37-17-16-36-23-11-5-2-6-12-23/h2,5-8,11-15,18-19,21H,1,3-4,9-10,16-17H2,(H,31,35)(H2,32,33,34,38). The van der Waals surface area contributed by atoms with Crippen molar-refractivity contribution in [2.45, 2.75) is 38.1 Å². The van der Waals surface area contributed by atoms with E-state index in [2.05, 4.69) is 16.0 Å². The quantitative estimate of drug-likeness (QED) is 0.224. The SMILES string of the molecule is O=C(NC(=S)Nc1ccc(Cl)c(C(=O)NC2CCCCC2)c1)c1cccc(OCCOc2ccccc2)c1. The Morgan fingerprint density at radius 1 is 0.842 bits per heavy atom. The fraction of sp³-hybridized carbons (Fsp3) is 0.276. The Bertz CT molecular complexity index is 1270. The summed E-state index contributed by atoms with van der Waals surface area (Å²) in [5.41, 5.74) is 1.29. The van der Waals surface area contributed by atoms with Crippen LogP contribution in [0.3, 0.4) is 0 Å². The Labute approximate surface area is 232 Å². The summed E-state index contributed by atoms with van der Waals surface area (Å²) in [6, 6.07) is 21.4. The van der Waals surface area contributed by atoms with Crippen molar-refractivity contribution < 1.29 is 19.1 Å². The fourth-order valence-corrected chi connectivity index (χ4v) is 4.60. The van der Waals surface area contributed by atoms with Crippen LogP contribution in [0, 0.1) is 0 Å². The summed E-state index contributed by atoms with van der Waals surface area (Å²) in [5, 5.41) is 9.13. The molecule has 1 saturated carbocycles. The van der Waals surface area contributed by atoms with E-state index in [1.165, 1.54) is 6.42 Å². The number of benzene rings is 3. The number of halogens is 1. The van der Waals surface area contributed by atoms with Gasteiger partial charge in [-0.3, -0.25) is 14.9 Å². The number of amides is 2. The molecule has 9 heteroatoms. The van der Waals surface area contributed by atoms with Crippen LogP contribution in [0.25, 0.3) is 0 Å². The zero-order valence-corrected chi connectivity index (χ0v) is 22.4. The van der Waals surface area contributed by atoms with Gasteiger partial charge in [0.2, 0.25) is 0 Å². The number of ether oxygens (including phenoxy) is 2. The van der Waals surface area contributed by atoms with Gasteiger partial charge in [0.15, 0.2) is 5.11 Å². The van der Waals surface area contributed by atoms with Crippen molar-refractivity contribution in [1.82, 2.24) is 10.6 Å². The zero-order valence-electron chi connectivity index (χ0n) is 20.9. The van der Waals surface area contributed by atoms with Gasteiger partial charge in [-0.25, -0.2) is 0 Å². The van der Waals surface area contributed by atoms with Crippen LogP contribution >= 0.6 is 23.8 Å². The summed E-state index contributed by atoms with van der Waals surface area (Å²) in [5.74, 6) is 0.701. The Balaban J connectivity index is 1.28. The lowest BCUT2D eigenvalue weighted by Crippen LogP contribution is -2.36. The summed E-state index contributed by atoms with van der Waals surface area (Å²) in [7, 11) is 0. The van der Waals surface area contributed by atoms with Crippen molar-refractivity contribution in [3.05, 3.63) is 88.9 Å². The summed E-state index contributed by atoms with van der Waals surface area (Å²) in [6.45, 7) is 0.698. The van der Waals surface area contributed by atoms with Gasteiger partial charge in [-0.15, -0.1) is 0 Å². The molecule has 0 unspecified atom stereocenters. The van der Waals surface area contributed by atoms with Crippen molar-refractivity contribution in [3.8, 4) is 11.5 Å². The van der Waals surface area contributed by atoms with Crippen molar-refractivity contribution in [3.63, 3.8) is 0 Å². The van der Waals surface area contributed by atoms with E-state index in [4.69, 9.17) is 33.3 Å². The number of nitrogens with one attached hydrogen (secondary N) is 3. The van der Waals surface area contributed by atoms with Gasteiger partial charge >= 0.3 is 0 Å². The second-order valence-electron chi connectivity index (χ2n) is 8.95. The smallest absolute Gasteiger partial charge is 0.257 e. The van der Waals surface area contributed by atoms with E-state index in [0.717, 1.165) is 31.4 Å². The maximum absolute atomic E-state index is 12.8. The van der Waals surface area contributed by atoms with Gasteiger partial charge in [0.1, 0.15) is 24.7 Å². The molecule has 0 bridgehead atoms. The number of carbonyl (C=O) groups excluding carboxylic acids is 2. The van der Waals surface area contributed by atoms with E-state index in [-0.39, 0.29) is 17.1 Å². The normalized spacial score (nSPS) is 13.3. The Kier molecular flexibility index (Phi) is 9.95. The van der Waals surface area contributed by atoms with Crippen molar-refractivity contribution >= 4 is 46.4 Å². The average molecular weight is 552 g/mol. The van der Waals surface area contributed by atoms with Crippen LogP contribution in [0.1, 0.15) is 52.8 Å². The van der Waals surface area contributed by atoms with E-state index >= 15 is 0 Å². The van der Waals surface area contributed by atoms with Crippen LogP contribution in [0.5, 0.6) is 11.5 Å². The molecule has 4 rings (SSSR count). The van der Waals surface area contributed by atoms with Crippen LogP contribution in [0.4, 0.5) is 5.69 Å². The summed E-state index contributed by atoms with van der Waals surface area (Å²) in [6.07, 6.45) is 5.39. The van der Waals surface area contributed by atoms with Gasteiger partial charge in [0, 0.05) is 17.3 Å². The van der Waals surface area contributed by atoms with Gasteiger partial charge < -0.3 is 20.1 Å². The van der Waals surface area contributed by atoms with E-state index in [9.17, 15) is 9.59 Å². The largest absolute Gasteiger partial charge is 0.490 e. The highest BCUT2D eigenvalue weighted by molar-refractivity contribution is 7.80. The molecule has 3 aromatic rings. The molecule has 0 spiro atoms. The number of anilines is 1. The van der Waals surface area contributed by atoms with Crippen LogP contribution in [-0.4, -0.2) is 36.2 Å². The molecule has 3 aromatic carbocycles. The first-order chi connectivity index (χ1) is 18.5. The summed E-state index contributed by atoms with van der Waals surface area (Å²) >= 11 is 11.6. The number of hydrogen-bond donors (Lipinski definition) is 3. The summed E-state index contributed by atoms with van der Waals surface area (Å²) < 4.78 is 11.3. The third-order valence-electron chi connectivity index (χ3n) is 6.10. The third-order valence-corrected chi connectivity index (χ3v) is 6.63.